The van der Waals surface area contributed by atoms with Gasteiger partial charge in [0.1, 0.15) is 0 Å². The number of benzene rings is 1. The lowest BCUT2D eigenvalue weighted by Gasteiger charge is -2.33. The van der Waals surface area contributed by atoms with Gasteiger partial charge in [-0.1, -0.05) is 12.1 Å². The highest BCUT2D eigenvalue weighted by Gasteiger charge is 2.40. The molecule has 1 fully saturated rings. The molecule has 0 bridgehead atoms. The summed E-state index contributed by atoms with van der Waals surface area (Å²) in [5.41, 5.74) is 0.328. The van der Waals surface area contributed by atoms with Crippen molar-refractivity contribution in [1.82, 2.24) is 10.3 Å². The first-order valence-corrected chi connectivity index (χ1v) is 7.69. The lowest BCUT2D eigenvalue weighted by Crippen LogP contribution is -2.46. The Labute approximate surface area is 138 Å². The second-order valence-corrected chi connectivity index (χ2v) is 5.82. The first-order chi connectivity index (χ1) is 11.6. The first-order valence-electron chi connectivity index (χ1n) is 7.69. The number of carbonyl (C=O) groups is 2. The zero-order chi connectivity index (χ0) is 17.0. The highest BCUT2D eigenvalue weighted by molar-refractivity contribution is 5.95. The van der Waals surface area contributed by atoms with Gasteiger partial charge in [-0.3, -0.25) is 9.59 Å². The molecular weight excluding hydrogens is 312 g/mol. The Kier molecular flexibility index (Phi) is 4.61. The van der Waals surface area contributed by atoms with E-state index in [9.17, 15) is 14.7 Å². The lowest BCUT2D eigenvalue weighted by molar-refractivity contribution is -0.154. The molecule has 3 rings (SSSR count). The van der Waals surface area contributed by atoms with Crippen molar-refractivity contribution in [2.24, 2.45) is 5.41 Å². The predicted molar refractivity (Wildman–Crippen MR) is 84.4 cm³/mol. The molecule has 126 valence electrons. The SMILES string of the molecule is O=C(NCC1(C(=O)O)CCOCC1)c1ccc(-c2cnco2)cc1. The molecule has 0 aliphatic carbocycles. The fraction of sp³-hybridized carbons (Fsp3) is 0.353. The fourth-order valence-corrected chi connectivity index (χ4v) is 2.72. The number of oxazole rings is 1. The van der Waals surface area contributed by atoms with Crippen LogP contribution in [0, 0.1) is 5.41 Å². The minimum Gasteiger partial charge on any atom is -0.481 e. The summed E-state index contributed by atoms with van der Waals surface area (Å²) in [4.78, 5) is 27.7. The number of hydrogen-bond acceptors (Lipinski definition) is 5. The smallest absolute Gasteiger partial charge is 0.311 e. The molecule has 0 spiro atoms. The maximum Gasteiger partial charge on any atom is 0.311 e. The third-order valence-electron chi connectivity index (χ3n) is 4.35. The van der Waals surface area contributed by atoms with E-state index in [1.54, 1.807) is 30.5 Å². The van der Waals surface area contributed by atoms with Crippen LogP contribution in [0.25, 0.3) is 11.3 Å². The molecule has 0 atom stereocenters. The second-order valence-electron chi connectivity index (χ2n) is 5.82. The van der Waals surface area contributed by atoms with Gasteiger partial charge in [-0.2, -0.15) is 0 Å². The van der Waals surface area contributed by atoms with Crippen molar-refractivity contribution in [2.45, 2.75) is 12.8 Å². The van der Waals surface area contributed by atoms with Gasteiger partial charge in [-0.25, -0.2) is 4.98 Å². The number of aliphatic carboxylic acids is 1. The summed E-state index contributed by atoms with van der Waals surface area (Å²) in [6, 6.07) is 6.86. The Balaban J connectivity index is 1.65. The average molecular weight is 330 g/mol. The van der Waals surface area contributed by atoms with Gasteiger partial charge in [0.2, 0.25) is 0 Å². The number of ether oxygens (including phenoxy) is 1. The van der Waals surface area contributed by atoms with Crippen LogP contribution >= 0.6 is 0 Å². The van der Waals surface area contributed by atoms with Crippen LogP contribution in [0.3, 0.4) is 0 Å². The van der Waals surface area contributed by atoms with E-state index in [1.165, 1.54) is 6.39 Å². The van der Waals surface area contributed by atoms with Crippen molar-refractivity contribution in [2.75, 3.05) is 19.8 Å². The summed E-state index contributed by atoms with van der Waals surface area (Å²) in [6.07, 6.45) is 3.73. The molecule has 1 aliphatic heterocycles. The van der Waals surface area contributed by atoms with E-state index in [0.717, 1.165) is 5.56 Å². The Morgan fingerprint density at radius 2 is 1.92 bits per heavy atom. The van der Waals surface area contributed by atoms with E-state index >= 15 is 0 Å². The topological polar surface area (TPSA) is 102 Å². The Morgan fingerprint density at radius 1 is 1.21 bits per heavy atom. The number of carbonyl (C=O) groups excluding carboxylic acids is 1. The number of aromatic nitrogens is 1. The third-order valence-corrected chi connectivity index (χ3v) is 4.35. The fourth-order valence-electron chi connectivity index (χ4n) is 2.72. The van der Waals surface area contributed by atoms with Crippen LogP contribution in [0.2, 0.25) is 0 Å². The molecule has 1 amide bonds. The Hall–Kier alpha value is -2.67. The van der Waals surface area contributed by atoms with E-state index in [1.807, 2.05) is 0 Å². The molecule has 7 nitrogen and oxygen atoms in total. The molecule has 2 aromatic rings. The van der Waals surface area contributed by atoms with Crippen LogP contribution in [0.1, 0.15) is 23.2 Å². The lowest BCUT2D eigenvalue weighted by atomic mass is 9.80. The van der Waals surface area contributed by atoms with Gasteiger partial charge in [0.15, 0.2) is 12.2 Å². The van der Waals surface area contributed by atoms with Gasteiger partial charge in [-0.05, 0) is 25.0 Å². The number of carboxylic acid groups (broad SMARTS) is 1. The van der Waals surface area contributed by atoms with Crippen molar-refractivity contribution in [3.63, 3.8) is 0 Å². The van der Waals surface area contributed by atoms with Crippen LogP contribution in [0.5, 0.6) is 0 Å². The van der Waals surface area contributed by atoms with Crippen molar-refractivity contribution < 1.29 is 23.8 Å². The Bertz CT molecular complexity index is 703. The van der Waals surface area contributed by atoms with Crippen LogP contribution in [-0.2, 0) is 9.53 Å². The van der Waals surface area contributed by atoms with Gasteiger partial charge in [-0.15, -0.1) is 0 Å². The summed E-state index contributed by atoms with van der Waals surface area (Å²) in [7, 11) is 0. The standard InChI is InChI=1S/C17H18N2O5/c20-15(19-10-17(16(21)22)5-7-23-8-6-17)13-3-1-12(2-4-13)14-9-18-11-24-14/h1-4,9,11H,5-8,10H2,(H,19,20)(H,21,22). The van der Waals surface area contributed by atoms with E-state index in [0.29, 0.717) is 37.4 Å². The maximum absolute atomic E-state index is 12.3. The number of amides is 1. The second kappa shape index (κ2) is 6.84. The third kappa shape index (κ3) is 3.30. The van der Waals surface area contributed by atoms with Gasteiger partial charge < -0.3 is 19.6 Å². The van der Waals surface area contributed by atoms with Crippen LogP contribution < -0.4 is 5.32 Å². The van der Waals surface area contributed by atoms with E-state index < -0.39 is 11.4 Å². The van der Waals surface area contributed by atoms with Crippen LogP contribution in [0.15, 0.2) is 41.3 Å². The van der Waals surface area contributed by atoms with Crippen molar-refractivity contribution in [3.8, 4) is 11.3 Å². The zero-order valence-corrected chi connectivity index (χ0v) is 13.0. The maximum atomic E-state index is 12.3. The summed E-state index contributed by atoms with van der Waals surface area (Å²) < 4.78 is 10.4. The molecule has 1 aliphatic rings. The van der Waals surface area contributed by atoms with Gasteiger partial charge in [0.25, 0.3) is 5.91 Å². The van der Waals surface area contributed by atoms with E-state index in [-0.39, 0.29) is 12.5 Å². The molecule has 7 heteroatoms. The van der Waals surface area contributed by atoms with Crippen LogP contribution in [-0.4, -0.2) is 41.7 Å². The molecule has 0 saturated carbocycles. The normalized spacial score (nSPS) is 16.5. The van der Waals surface area contributed by atoms with Crippen molar-refractivity contribution in [3.05, 3.63) is 42.4 Å². The first kappa shape index (κ1) is 16.2. The highest BCUT2D eigenvalue weighted by atomic mass is 16.5. The summed E-state index contributed by atoms with van der Waals surface area (Å²) in [5.74, 6) is -0.577. The molecule has 24 heavy (non-hydrogen) atoms. The van der Waals surface area contributed by atoms with Crippen molar-refractivity contribution >= 4 is 11.9 Å². The quantitative estimate of drug-likeness (QED) is 0.869. The molecule has 2 heterocycles. The zero-order valence-electron chi connectivity index (χ0n) is 13.0. The number of carboxylic acids is 1. The monoisotopic (exact) mass is 330 g/mol. The molecule has 1 saturated heterocycles. The van der Waals surface area contributed by atoms with Crippen LogP contribution in [0.4, 0.5) is 0 Å². The summed E-state index contributed by atoms with van der Waals surface area (Å²) in [5, 5.41) is 12.2. The minimum atomic E-state index is -0.951. The molecule has 0 unspecified atom stereocenters. The van der Waals surface area contributed by atoms with E-state index in [4.69, 9.17) is 9.15 Å². The molecule has 0 radical (unpaired) electrons. The van der Waals surface area contributed by atoms with Gasteiger partial charge >= 0.3 is 5.97 Å². The molecule has 2 N–H and O–H groups in total. The summed E-state index contributed by atoms with van der Waals surface area (Å²) >= 11 is 0. The highest BCUT2D eigenvalue weighted by Crippen LogP contribution is 2.30. The molecule has 1 aromatic carbocycles. The number of nitrogens with one attached hydrogen (secondary N) is 1. The summed E-state index contributed by atoms with van der Waals surface area (Å²) in [6.45, 7) is 0.885. The predicted octanol–water partition coefficient (Wildman–Crippen LogP) is 1.95. The number of hydrogen-bond donors (Lipinski definition) is 2. The number of rotatable bonds is 5. The van der Waals surface area contributed by atoms with Gasteiger partial charge in [0.05, 0.1) is 11.6 Å². The van der Waals surface area contributed by atoms with Crippen molar-refractivity contribution in [1.29, 1.82) is 0 Å². The largest absolute Gasteiger partial charge is 0.481 e. The minimum absolute atomic E-state index is 0.0916. The molecular formula is C17H18N2O5. The molecule has 1 aromatic heterocycles. The van der Waals surface area contributed by atoms with E-state index in [2.05, 4.69) is 10.3 Å². The average Bonchev–Trinajstić information content (AvgIpc) is 3.15. The Morgan fingerprint density at radius 3 is 2.50 bits per heavy atom. The van der Waals surface area contributed by atoms with Gasteiger partial charge in [0, 0.05) is 30.9 Å². The number of nitrogens with zero attached hydrogens (tertiary/aromatic N) is 1.